The van der Waals surface area contributed by atoms with Crippen LogP contribution in [0.5, 0.6) is 5.75 Å². The van der Waals surface area contributed by atoms with E-state index in [1.54, 1.807) is 24.3 Å². The molecule has 1 heterocycles. The Bertz CT molecular complexity index is 982. The Kier molecular flexibility index (Phi) is 5.41. The number of aliphatic hydroxyl groups excluding tert-OH is 1. The zero-order valence-corrected chi connectivity index (χ0v) is 15.5. The van der Waals surface area contributed by atoms with E-state index < -0.39 is 22.4 Å². The van der Waals surface area contributed by atoms with E-state index in [4.69, 9.17) is 9.84 Å². The highest BCUT2D eigenvalue weighted by Crippen LogP contribution is 2.25. The van der Waals surface area contributed by atoms with Gasteiger partial charge in [-0.05, 0) is 41.5 Å². The minimum Gasteiger partial charge on any atom is -0.497 e. The third-order valence-electron chi connectivity index (χ3n) is 4.46. The van der Waals surface area contributed by atoms with Crippen LogP contribution in [0.1, 0.15) is 21.5 Å². The molecule has 1 aliphatic rings. The van der Waals surface area contributed by atoms with Gasteiger partial charge in [-0.25, -0.2) is 8.42 Å². The molecular formula is C19H19NO6S. The summed E-state index contributed by atoms with van der Waals surface area (Å²) >= 11 is 0. The van der Waals surface area contributed by atoms with Crippen molar-refractivity contribution >= 4 is 21.6 Å². The van der Waals surface area contributed by atoms with Crippen LogP contribution >= 0.6 is 0 Å². The maximum atomic E-state index is 13.0. The molecule has 0 bridgehead atoms. The smallest absolute Gasteiger partial charge is 0.243 e. The molecule has 1 N–H and O–H groups in total. The number of sulfonamides is 1. The van der Waals surface area contributed by atoms with Crippen molar-refractivity contribution in [3.05, 3.63) is 59.2 Å². The van der Waals surface area contributed by atoms with Crippen LogP contribution in [0.15, 0.2) is 47.4 Å². The molecule has 27 heavy (non-hydrogen) atoms. The van der Waals surface area contributed by atoms with Crippen molar-refractivity contribution in [1.29, 1.82) is 0 Å². The number of carbonyl (C=O) groups excluding carboxylic acids is 2. The van der Waals surface area contributed by atoms with Gasteiger partial charge in [-0.1, -0.05) is 12.1 Å². The molecular weight excluding hydrogens is 370 g/mol. The van der Waals surface area contributed by atoms with E-state index in [-0.39, 0.29) is 35.8 Å². The van der Waals surface area contributed by atoms with E-state index >= 15 is 0 Å². The summed E-state index contributed by atoms with van der Waals surface area (Å²) in [6, 6.07) is 10.7. The predicted octanol–water partition coefficient (Wildman–Crippen LogP) is 1.19. The highest BCUT2D eigenvalue weighted by Gasteiger charge is 2.30. The lowest BCUT2D eigenvalue weighted by molar-refractivity contribution is -0.118. The molecule has 2 aromatic carbocycles. The fourth-order valence-corrected chi connectivity index (χ4v) is 4.39. The molecule has 1 aliphatic heterocycles. The van der Waals surface area contributed by atoms with Crippen molar-refractivity contribution in [2.24, 2.45) is 0 Å². The predicted molar refractivity (Wildman–Crippen MR) is 97.2 cm³/mol. The Balaban J connectivity index is 1.98. The summed E-state index contributed by atoms with van der Waals surface area (Å²) in [5.74, 6) is -0.164. The van der Waals surface area contributed by atoms with Gasteiger partial charge in [0.2, 0.25) is 10.0 Å². The van der Waals surface area contributed by atoms with Gasteiger partial charge < -0.3 is 9.84 Å². The van der Waals surface area contributed by atoms with Gasteiger partial charge in [0.05, 0.1) is 18.6 Å². The van der Waals surface area contributed by atoms with Gasteiger partial charge in [-0.15, -0.1) is 0 Å². The fourth-order valence-electron chi connectivity index (χ4n) is 2.99. The molecule has 0 spiro atoms. The highest BCUT2D eigenvalue weighted by atomic mass is 32.2. The number of Topliss-reactive ketones (excluding diaryl/α,β-unsaturated/α-hetero) is 2. The lowest BCUT2D eigenvalue weighted by atomic mass is 9.99. The normalized spacial score (nSPS) is 15.1. The molecule has 3 rings (SSSR count). The Morgan fingerprint density at radius 2 is 1.81 bits per heavy atom. The summed E-state index contributed by atoms with van der Waals surface area (Å²) in [7, 11) is -2.42. The number of hydrogen-bond donors (Lipinski definition) is 1. The summed E-state index contributed by atoms with van der Waals surface area (Å²) in [5, 5.41) is 9.04. The molecule has 0 saturated carbocycles. The number of rotatable bonds is 5. The number of fused-ring (bicyclic) bond motifs is 1. The van der Waals surface area contributed by atoms with Crippen LogP contribution in [0.3, 0.4) is 0 Å². The maximum absolute atomic E-state index is 13.0. The summed E-state index contributed by atoms with van der Waals surface area (Å²) in [5.41, 5.74) is 1.55. The molecule has 0 amide bonds. The first-order chi connectivity index (χ1) is 12.8. The van der Waals surface area contributed by atoms with Crippen LogP contribution in [0, 0.1) is 0 Å². The van der Waals surface area contributed by atoms with Gasteiger partial charge in [0.15, 0.2) is 11.6 Å². The molecule has 0 unspecified atom stereocenters. The summed E-state index contributed by atoms with van der Waals surface area (Å²) in [6.07, 6.45) is 0.0948. The van der Waals surface area contributed by atoms with Crippen molar-refractivity contribution in [3.63, 3.8) is 0 Å². The van der Waals surface area contributed by atoms with Crippen LogP contribution < -0.4 is 4.74 Å². The SMILES string of the molecule is COc1ccc(S(=O)(=O)N2CC(=O)Cc3ccc(C(=O)CO)cc3C2)cc1. The van der Waals surface area contributed by atoms with Crippen molar-refractivity contribution in [2.75, 3.05) is 20.3 Å². The standard InChI is InChI=1S/C19H19NO6S/c1-26-17-4-6-18(7-5-17)27(24,25)20-10-15-8-14(19(23)12-21)3-2-13(15)9-16(22)11-20/h2-8,21H,9-12H2,1H3. The second kappa shape index (κ2) is 7.59. The number of ether oxygens (including phenoxy) is 1. The molecule has 142 valence electrons. The zero-order valence-electron chi connectivity index (χ0n) is 14.7. The number of ketones is 2. The number of hydrogen-bond acceptors (Lipinski definition) is 6. The Labute approximate surface area is 157 Å². The summed E-state index contributed by atoms with van der Waals surface area (Å²) < 4.78 is 32.1. The van der Waals surface area contributed by atoms with Crippen LogP contribution in [-0.4, -0.2) is 49.7 Å². The molecule has 8 heteroatoms. The molecule has 7 nitrogen and oxygen atoms in total. The topological polar surface area (TPSA) is 101 Å². The minimum atomic E-state index is -3.90. The molecule has 0 atom stereocenters. The molecule has 0 aliphatic carbocycles. The van der Waals surface area contributed by atoms with Gasteiger partial charge in [0, 0.05) is 18.5 Å². The molecule has 0 saturated heterocycles. The number of carbonyl (C=O) groups is 2. The molecule has 0 aromatic heterocycles. The second-order valence-corrected chi connectivity index (χ2v) is 8.17. The van der Waals surface area contributed by atoms with Crippen molar-refractivity contribution in [2.45, 2.75) is 17.9 Å². The number of aliphatic hydroxyl groups is 1. The van der Waals surface area contributed by atoms with E-state index in [0.29, 0.717) is 16.9 Å². The third kappa shape index (κ3) is 3.92. The minimum absolute atomic E-state index is 0.0258. The van der Waals surface area contributed by atoms with Gasteiger partial charge in [0.1, 0.15) is 12.4 Å². The fraction of sp³-hybridized carbons (Fsp3) is 0.263. The maximum Gasteiger partial charge on any atom is 0.243 e. The van der Waals surface area contributed by atoms with E-state index in [1.165, 1.54) is 25.3 Å². The zero-order chi connectivity index (χ0) is 19.6. The first-order valence-electron chi connectivity index (χ1n) is 8.27. The number of methoxy groups -OCH3 is 1. The van der Waals surface area contributed by atoms with Crippen LogP contribution in [-0.2, 0) is 27.8 Å². The Morgan fingerprint density at radius 1 is 1.11 bits per heavy atom. The summed E-state index contributed by atoms with van der Waals surface area (Å²) in [4.78, 5) is 24.1. The average Bonchev–Trinajstić information content (AvgIpc) is 2.85. The van der Waals surface area contributed by atoms with Crippen molar-refractivity contribution in [3.8, 4) is 5.75 Å². The highest BCUT2D eigenvalue weighted by molar-refractivity contribution is 7.89. The number of benzene rings is 2. The lowest BCUT2D eigenvalue weighted by Gasteiger charge is -2.20. The second-order valence-electron chi connectivity index (χ2n) is 6.23. The molecule has 2 aromatic rings. The van der Waals surface area contributed by atoms with Gasteiger partial charge in [-0.3, -0.25) is 9.59 Å². The van der Waals surface area contributed by atoms with Gasteiger partial charge >= 0.3 is 0 Å². The van der Waals surface area contributed by atoms with E-state index in [9.17, 15) is 18.0 Å². The van der Waals surface area contributed by atoms with Crippen molar-refractivity contribution < 1.29 is 27.9 Å². The number of nitrogens with zero attached hydrogens (tertiary/aromatic N) is 1. The molecule has 0 fully saturated rings. The van der Waals surface area contributed by atoms with E-state index in [1.807, 2.05) is 0 Å². The molecule has 0 radical (unpaired) electrons. The van der Waals surface area contributed by atoms with E-state index in [2.05, 4.69) is 0 Å². The first-order valence-corrected chi connectivity index (χ1v) is 9.71. The Morgan fingerprint density at radius 3 is 2.44 bits per heavy atom. The van der Waals surface area contributed by atoms with Gasteiger partial charge in [-0.2, -0.15) is 4.31 Å². The quantitative estimate of drug-likeness (QED) is 0.771. The first kappa shape index (κ1) is 19.2. The van der Waals surface area contributed by atoms with Crippen LogP contribution in [0.4, 0.5) is 0 Å². The summed E-state index contributed by atoms with van der Waals surface area (Å²) in [6.45, 7) is -0.903. The third-order valence-corrected chi connectivity index (χ3v) is 6.26. The lowest BCUT2D eigenvalue weighted by Crippen LogP contribution is -2.34. The van der Waals surface area contributed by atoms with E-state index in [0.717, 1.165) is 4.31 Å². The monoisotopic (exact) mass is 389 g/mol. The van der Waals surface area contributed by atoms with Crippen LogP contribution in [0.25, 0.3) is 0 Å². The van der Waals surface area contributed by atoms with Gasteiger partial charge in [0.25, 0.3) is 0 Å². The van der Waals surface area contributed by atoms with Crippen LogP contribution in [0.2, 0.25) is 0 Å². The Hall–Kier alpha value is -2.55. The van der Waals surface area contributed by atoms with Crippen molar-refractivity contribution in [1.82, 2.24) is 4.31 Å². The largest absolute Gasteiger partial charge is 0.497 e. The average molecular weight is 389 g/mol.